The van der Waals surface area contributed by atoms with E-state index in [1.165, 1.54) is 17.4 Å². The average molecular weight is 357 g/mol. The summed E-state index contributed by atoms with van der Waals surface area (Å²) in [5.41, 5.74) is 0.653. The van der Waals surface area contributed by atoms with Crippen LogP contribution in [0.25, 0.3) is 6.08 Å². The number of carbonyl (C=O) groups is 1. The molecule has 130 valence electrons. The molecule has 1 heterocycles. The third-order valence-electron chi connectivity index (χ3n) is 3.09. The van der Waals surface area contributed by atoms with E-state index in [0.717, 1.165) is 0 Å². The smallest absolute Gasteiger partial charge is 0.268 e. The van der Waals surface area contributed by atoms with Crippen molar-refractivity contribution in [1.29, 1.82) is 5.26 Å². The summed E-state index contributed by atoms with van der Waals surface area (Å²) in [4.78, 5) is 16.1. The van der Waals surface area contributed by atoms with Gasteiger partial charge in [-0.05, 0) is 29.7 Å². The van der Waals surface area contributed by atoms with Crippen LogP contribution in [0.1, 0.15) is 19.4 Å². The molecule has 0 saturated heterocycles. The number of carbonyl (C=O) groups excluding carboxylic acids is 1. The van der Waals surface area contributed by atoms with E-state index in [4.69, 9.17) is 9.47 Å². The minimum Gasteiger partial charge on any atom is -0.493 e. The summed E-state index contributed by atoms with van der Waals surface area (Å²) in [5, 5.41) is 14.1. The van der Waals surface area contributed by atoms with Crippen molar-refractivity contribution >= 4 is 28.5 Å². The molecule has 1 N–H and O–H groups in total. The molecular formula is C18H19N3O3S. The number of hydrogen-bond acceptors (Lipinski definition) is 6. The molecule has 0 radical (unpaired) electrons. The Bertz CT molecular complexity index is 792. The summed E-state index contributed by atoms with van der Waals surface area (Å²) in [6.07, 6.45) is 3.09. The van der Waals surface area contributed by atoms with E-state index in [0.29, 0.717) is 34.7 Å². The maximum Gasteiger partial charge on any atom is 0.268 e. The minimum absolute atomic E-state index is 0.0184. The molecule has 2 rings (SSSR count). The fraction of sp³-hybridized carbons (Fsp3) is 0.278. The Kier molecular flexibility index (Phi) is 6.54. The number of methoxy groups -OCH3 is 1. The van der Waals surface area contributed by atoms with Crippen molar-refractivity contribution in [2.75, 3.05) is 19.0 Å². The van der Waals surface area contributed by atoms with E-state index in [1.807, 2.05) is 19.9 Å². The third kappa shape index (κ3) is 5.33. The Morgan fingerprint density at radius 3 is 2.84 bits per heavy atom. The highest BCUT2D eigenvalue weighted by molar-refractivity contribution is 7.13. The van der Waals surface area contributed by atoms with Gasteiger partial charge in [-0.25, -0.2) is 4.98 Å². The number of aromatic nitrogens is 1. The first kappa shape index (κ1) is 18.5. The van der Waals surface area contributed by atoms with Gasteiger partial charge in [-0.3, -0.25) is 10.1 Å². The van der Waals surface area contributed by atoms with E-state index in [2.05, 4.69) is 10.3 Å². The first-order valence-corrected chi connectivity index (χ1v) is 8.55. The predicted molar refractivity (Wildman–Crippen MR) is 97.7 cm³/mol. The van der Waals surface area contributed by atoms with Gasteiger partial charge in [-0.1, -0.05) is 19.9 Å². The van der Waals surface area contributed by atoms with E-state index in [9.17, 15) is 10.1 Å². The van der Waals surface area contributed by atoms with Gasteiger partial charge in [0.05, 0.1) is 13.7 Å². The minimum atomic E-state index is -0.502. The lowest BCUT2D eigenvalue weighted by molar-refractivity contribution is -0.112. The SMILES string of the molecule is COc1ccc(/C=C(\C#N)C(=O)Nc2nccs2)cc1OCC(C)C. The van der Waals surface area contributed by atoms with Crippen LogP contribution in [-0.4, -0.2) is 24.6 Å². The number of thiazole rings is 1. The van der Waals surface area contributed by atoms with Gasteiger partial charge < -0.3 is 9.47 Å². The number of nitrogens with one attached hydrogen (secondary N) is 1. The molecule has 0 saturated carbocycles. The molecule has 0 bridgehead atoms. The van der Waals surface area contributed by atoms with E-state index in [-0.39, 0.29) is 5.57 Å². The normalized spacial score (nSPS) is 11.1. The standard InChI is InChI=1S/C18H19N3O3S/c1-12(2)11-24-16-9-13(4-5-15(16)23-3)8-14(10-19)17(22)21-18-20-6-7-25-18/h4-9,12H,11H2,1-3H3,(H,20,21,22)/b14-8+. The second-order valence-electron chi connectivity index (χ2n) is 5.58. The summed E-state index contributed by atoms with van der Waals surface area (Å²) in [5.74, 6) is 1.03. The fourth-order valence-corrected chi connectivity index (χ4v) is 2.44. The van der Waals surface area contributed by atoms with Gasteiger partial charge in [-0.2, -0.15) is 5.26 Å². The number of rotatable bonds is 7. The monoisotopic (exact) mass is 357 g/mol. The summed E-state index contributed by atoms with van der Waals surface area (Å²) in [6.45, 7) is 4.64. The van der Waals surface area contributed by atoms with E-state index in [1.54, 1.807) is 36.9 Å². The van der Waals surface area contributed by atoms with Gasteiger partial charge in [0.15, 0.2) is 16.6 Å². The molecule has 0 spiro atoms. The molecule has 0 aliphatic heterocycles. The summed E-state index contributed by atoms with van der Waals surface area (Å²) in [6, 6.07) is 7.16. The number of amides is 1. The Hall–Kier alpha value is -2.85. The lowest BCUT2D eigenvalue weighted by Gasteiger charge is -2.13. The van der Waals surface area contributed by atoms with Gasteiger partial charge in [0.25, 0.3) is 5.91 Å². The van der Waals surface area contributed by atoms with Crippen molar-refractivity contribution in [2.24, 2.45) is 5.92 Å². The fourth-order valence-electron chi connectivity index (χ4n) is 1.92. The highest BCUT2D eigenvalue weighted by Crippen LogP contribution is 2.29. The molecule has 1 amide bonds. The second-order valence-corrected chi connectivity index (χ2v) is 6.47. The Morgan fingerprint density at radius 2 is 2.24 bits per heavy atom. The molecule has 2 aromatic rings. The average Bonchev–Trinajstić information content (AvgIpc) is 3.10. The molecular weight excluding hydrogens is 338 g/mol. The van der Waals surface area contributed by atoms with Crippen LogP contribution in [0.4, 0.5) is 5.13 Å². The van der Waals surface area contributed by atoms with Crippen LogP contribution in [-0.2, 0) is 4.79 Å². The number of ether oxygens (including phenoxy) is 2. The molecule has 0 unspecified atom stereocenters. The van der Waals surface area contributed by atoms with Crippen molar-refractivity contribution < 1.29 is 14.3 Å². The van der Waals surface area contributed by atoms with Gasteiger partial charge in [0, 0.05) is 11.6 Å². The molecule has 0 aliphatic rings. The van der Waals surface area contributed by atoms with Crippen molar-refractivity contribution in [3.63, 3.8) is 0 Å². The zero-order valence-corrected chi connectivity index (χ0v) is 15.1. The van der Waals surface area contributed by atoms with Gasteiger partial charge >= 0.3 is 0 Å². The lowest BCUT2D eigenvalue weighted by atomic mass is 10.1. The predicted octanol–water partition coefficient (Wildman–Crippen LogP) is 3.73. The van der Waals surface area contributed by atoms with Crippen LogP contribution < -0.4 is 14.8 Å². The second kappa shape index (κ2) is 8.85. The highest BCUT2D eigenvalue weighted by atomic mass is 32.1. The molecule has 25 heavy (non-hydrogen) atoms. The largest absolute Gasteiger partial charge is 0.493 e. The maximum absolute atomic E-state index is 12.2. The first-order chi connectivity index (χ1) is 12.0. The third-order valence-corrected chi connectivity index (χ3v) is 3.78. The van der Waals surface area contributed by atoms with Crippen molar-refractivity contribution in [3.05, 3.63) is 40.9 Å². The van der Waals surface area contributed by atoms with Crippen LogP contribution in [0.5, 0.6) is 11.5 Å². The van der Waals surface area contributed by atoms with Gasteiger partial charge in [0.1, 0.15) is 11.6 Å². The summed E-state index contributed by atoms with van der Waals surface area (Å²) < 4.78 is 11.0. The molecule has 0 aliphatic carbocycles. The number of nitriles is 1. The first-order valence-electron chi connectivity index (χ1n) is 7.67. The number of anilines is 1. The molecule has 7 heteroatoms. The molecule has 6 nitrogen and oxygen atoms in total. The van der Waals surface area contributed by atoms with Gasteiger partial charge in [-0.15, -0.1) is 11.3 Å². The Balaban J connectivity index is 2.23. The van der Waals surface area contributed by atoms with Crippen LogP contribution >= 0.6 is 11.3 Å². The molecule has 1 aromatic heterocycles. The maximum atomic E-state index is 12.2. The quantitative estimate of drug-likeness (QED) is 0.603. The number of hydrogen-bond donors (Lipinski definition) is 1. The zero-order valence-electron chi connectivity index (χ0n) is 14.3. The lowest BCUT2D eigenvalue weighted by Crippen LogP contribution is -2.13. The summed E-state index contributed by atoms with van der Waals surface area (Å²) >= 11 is 1.29. The highest BCUT2D eigenvalue weighted by Gasteiger charge is 2.12. The van der Waals surface area contributed by atoms with Crippen molar-refractivity contribution in [2.45, 2.75) is 13.8 Å². The Labute approximate surface area is 150 Å². The Morgan fingerprint density at radius 1 is 1.44 bits per heavy atom. The van der Waals surface area contributed by atoms with E-state index < -0.39 is 5.91 Å². The van der Waals surface area contributed by atoms with Crippen molar-refractivity contribution in [1.82, 2.24) is 4.98 Å². The zero-order chi connectivity index (χ0) is 18.2. The number of nitrogens with zero attached hydrogens (tertiary/aromatic N) is 2. The molecule has 1 aromatic carbocycles. The molecule has 0 fully saturated rings. The summed E-state index contributed by atoms with van der Waals surface area (Å²) in [7, 11) is 1.56. The van der Waals surface area contributed by atoms with Crippen LogP contribution in [0.15, 0.2) is 35.3 Å². The molecule has 0 atom stereocenters. The van der Waals surface area contributed by atoms with Crippen LogP contribution in [0.2, 0.25) is 0 Å². The van der Waals surface area contributed by atoms with Gasteiger partial charge in [0.2, 0.25) is 0 Å². The van der Waals surface area contributed by atoms with Crippen LogP contribution in [0, 0.1) is 17.2 Å². The van der Waals surface area contributed by atoms with Crippen LogP contribution in [0.3, 0.4) is 0 Å². The van der Waals surface area contributed by atoms with E-state index >= 15 is 0 Å². The topological polar surface area (TPSA) is 84.2 Å². The van der Waals surface area contributed by atoms with Crippen molar-refractivity contribution in [3.8, 4) is 17.6 Å². The number of benzene rings is 1.